The summed E-state index contributed by atoms with van der Waals surface area (Å²) in [6, 6.07) is 7.19. The molecule has 0 aliphatic rings. The monoisotopic (exact) mass is 271 g/mol. The van der Waals surface area contributed by atoms with Crippen LogP contribution in [0.1, 0.15) is 17.3 Å². The van der Waals surface area contributed by atoms with Gasteiger partial charge in [0.05, 0.1) is 17.5 Å². The highest BCUT2D eigenvalue weighted by Gasteiger charge is 2.17. The first-order valence-corrected chi connectivity index (χ1v) is 6.16. The van der Waals surface area contributed by atoms with Crippen molar-refractivity contribution in [2.24, 2.45) is 7.05 Å². The van der Waals surface area contributed by atoms with Gasteiger partial charge in [-0.3, -0.25) is 4.79 Å². The van der Waals surface area contributed by atoms with E-state index in [1.807, 2.05) is 12.1 Å². The molecule has 20 heavy (non-hydrogen) atoms. The van der Waals surface area contributed by atoms with E-state index in [1.165, 1.54) is 4.57 Å². The molecule has 0 bridgehead atoms. The largest absolute Gasteiger partial charge is 0.507 e. The van der Waals surface area contributed by atoms with Crippen LogP contribution in [-0.2, 0) is 13.5 Å². The number of benzene rings is 1. The molecule has 0 fully saturated rings. The van der Waals surface area contributed by atoms with Crippen LogP contribution in [0, 0.1) is 6.92 Å². The van der Waals surface area contributed by atoms with Crippen LogP contribution >= 0.6 is 0 Å². The molecule has 0 radical (unpaired) electrons. The van der Waals surface area contributed by atoms with Crippen molar-refractivity contribution in [3.05, 3.63) is 52.0 Å². The smallest absolute Gasteiger partial charge is 0.258 e. The average Bonchev–Trinajstić information content (AvgIpc) is 2.86. The molecule has 0 spiro atoms. The van der Waals surface area contributed by atoms with Crippen molar-refractivity contribution < 1.29 is 9.52 Å². The second-order valence-electron chi connectivity index (χ2n) is 4.60. The molecule has 6 heteroatoms. The molecule has 2 aromatic heterocycles. The van der Waals surface area contributed by atoms with Gasteiger partial charge in [0, 0.05) is 19.4 Å². The Bertz CT molecular complexity index is 848. The molecule has 0 aliphatic carbocycles. The number of aromatic nitrogens is 3. The van der Waals surface area contributed by atoms with Crippen molar-refractivity contribution in [2.75, 3.05) is 0 Å². The van der Waals surface area contributed by atoms with Gasteiger partial charge in [-0.25, -0.2) is 0 Å². The maximum Gasteiger partial charge on any atom is 0.258 e. The average molecular weight is 271 g/mol. The van der Waals surface area contributed by atoms with Crippen LogP contribution in [0.5, 0.6) is 5.75 Å². The Morgan fingerprint density at radius 1 is 1.30 bits per heavy atom. The van der Waals surface area contributed by atoms with Gasteiger partial charge in [0.15, 0.2) is 0 Å². The van der Waals surface area contributed by atoms with Crippen molar-refractivity contribution >= 4 is 10.9 Å². The SMILES string of the molecule is Cc1nnc(Cc2c(O)c3ccccc3n(C)c2=O)o1. The van der Waals surface area contributed by atoms with Gasteiger partial charge in [-0.15, -0.1) is 10.2 Å². The zero-order valence-corrected chi connectivity index (χ0v) is 11.1. The van der Waals surface area contributed by atoms with Gasteiger partial charge in [-0.1, -0.05) is 12.1 Å². The van der Waals surface area contributed by atoms with Crippen molar-refractivity contribution in [3.8, 4) is 5.75 Å². The Hall–Kier alpha value is -2.63. The minimum absolute atomic E-state index is 0.0282. The summed E-state index contributed by atoms with van der Waals surface area (Å²) in [5.74, 6) is 0.710. The Labute approximate surface area is 114 Å². The number of hydrogen-bond acceptors (Lipinski definition) is 5. The van der Waals surface area contributed by atoms with Crippen LogP contribution in [0.3, 0.4) is 0 Å². The number of pyridine rings is 1. The van der Waals surface area contributed by atoms with E-state index in [0.717, 1.165) is 0 Å². The summed E-state index contributed by atoms with van der Waals surface area (Å²) in [5.41, 5.74) is 0.673. The molecule has 102 valence electrons. The Morgan fingerprint density at radius 2 is 2.05 bits per heavy atom. The summed E-state index contributed by atoms with van der Waals surface area (Å²) in [7, 11) is 1.67. The lowest BCUT2D eigenvalue weighted by Gasteiger charge is -2.10. The van der Waals surface area contributed by atoms with Crippen molar-refractivity contribution in [1.82, 2.24) is 14.8 Å². The van der Waals surface area contributed by atoms with Crippen LogP contribution < -0.4 is 5.56 Å². The molecule has 0 saturated heterocycles. The minimum atomic E-state index is -0.267. The van der Waals surface area contributed by atoms with E-state index in [2.05, 4.69) is 10.2 Å². The van der Waals surface area contributed by atoms with Gasteiger partial charge in [0.1, 0.15) is 5.75 Å². The Morgan fingerprint density at radius 3 is 2.75 bits per heavy atom. The first-order valence-electron chi connectivity index (χ1n) is 6.16. The molecule has 1 N–H and O–H groups in total. The van der Waals surface area contributed by atoms with Crippen LogP contribution in [0.2, 0.25) is 0 Å². The topological polar surface area (TPSA) is 81.2 Å². The fourth-order valence-corrected chi connectivity index (χ4v) is 2.26. The lowest BCUT2D eigenvalue weighted by Crippen LogP contribution is -2.22. The number of aromatic hydroxyl groups is 1. The fourth-order valence-electron chi connectivity index (χ4n) is 2.26. The van der Waals surface area contributed by atoms with Gasteiger partial charge >= 0.3 is 0 Å². The normalized spacial score (nSPS) is 11.1. The third kappa shape index (κ3) is 1.85. The maximum atomic E-state index is 12.3. The lowest BCUT2D eigenvalue weighted by atomic mass is 10.1. The van der Waals surface area contributed by atoms with Gasteiger partial charge in [-0.05, 0) is 12.1 Å². The molecule has 0 atom stereocenters. The van der Waals surface area contributed by atoms with E-state index in [1.54, 1.807) is 26.1 Å². The van der Waals surface area contributed by atoms with Gasteiger partial charge in [0.25, 0.3) is 5.56 Å². The lowest BCUT2D eigenvalue weighted by molar-refractivity contribution is 0.455. The van der Waals surface area contributed by atoms with E-state index >= 15 is 0 Å². The summed E-state index contributed by atoms with van der Waals surface area (Å²) < 4.78 is 6.78. The van der Waals surface area contributed by atoms with Crippen LogP contribution in [0.25, 0.3) is 10.9 Å². The fraction of sp³-hybridized carbons (Fsp3) is 0.214. The molecule has 3 aromatic rings. The summed E-state index contributed by atoms with van der Waals surface area (Å²) in [6.45, 7) is 1.68. The predicted molar refractivity (Wildman–Crippen MR) is 72.7 cm³/mol. The van der Waals surface area contributed by atoms with E-state index in [4.69, 9.17) is 4.42 Å². The Kier molecular flexibility index (Phi) is 2.78. The molecule has 0 unspecified atom stereocenters. The molecule has 0 aliphatic heterocycles. The maximum absolute atomic E-state index is 12.3. The molecular formula is C14H13N3O3. The summed E-state index contributed by atoms with van der Waals surface area (Å²) in [5, 5.41) is 18.5. The van der Waals surface area contributed by atoms with E-state index in [0.29, 0.717) is 22.7 Å². The van der Waals surface area contributed by atoms with Crippen LogP contribution in [0.4, 0.5) is 0 Å². The first kappa shape index (κ1) is 12.4. The number of fused-ring (bicyclic) bond motifs is 1. The quantitative estimate of drug-likeness (QED) is 0.764. The highest BCUT2D eigenvalue weighted by atomic mass is 16.4. The molecule has 1 aromatic carbocycles. The van der Waals surface area contributed by atoms with Crippen molar-refractivity contribution in [2.45, 2.75) is 13.3 Å². The highest BCUT2D eigenvalue weighted by Crippen LogP contribution is 2.26. The van der Waals surface area contributed by atoms with E-state index in [9.17, 15) is 9.90 Å². The number of rotatable bonds is 2. The molecular weight excluding hydrogens is 258 g/mol. The Balaban J connectivity index is 2.23. The number of para-hydroxylation sites is 1. The van der Waals surface area contributed by atoms with E-state index < -0.39 is 0 Å². The molecule has 3 rings (SSSR count). The second-order valence-corrected chi connectivity index (χ2v) is 4.60. The van der Waals surface area contributed by atoms with Gasteiger partial charge in [0.2, 0.25) is 11.8 Å². The third-order valence-corrected chi connectivity index (χ3v) is 3.27. The molecule has 0 amide bonds. The van der Waals surface area contributed by atoms with Crippen molar-refractivity contribution in [1.29, 1.82) is 0 Å². The van der Waals surface area contributed by atoms with Gasteiger partial charge < -0.3 is 14.1 Å². The molecule has 6 nitrogen and oxygen atoms in total. The zero-order chi connectivity index (χ0) is 14.3. The van der Waals surface area contributed by atoms with Crippen molar-refractivity contribution in [3.63, 3.8) is 0 Å². The summed E-state index contributed by atoms with van der Waals surface area (Å²) in [4.78, 5) is 12.3. The third-order valence-electron chi connectivity index (χ3n) is 3.27. The molecule has 0 saturated carbocycles. The minimum Gasteiger partial charge on any atom is -0.507 e. The van der Waals surface area contributed by atoms with Crippen LogP contribution in [-0.4, -0.2) is 19.9 Å². The zero-order valence-electron chi connectivity index (χ0n) is 11.1. The number of hydrogen-bond donors (Lipinski definition) is 1. The second kappa shape index (κ2) is 4.48. The highest BCUT2D eigenvalue weighted by molar-refractivity contribution is 5.86. The number of nitrogens with zero attached hydrogens (tertiary/aromatic N) is 3. The summed E-state index contributed by atoms with van der Waals surface area (Å²) >= 11 is 0. The van der Waals surface area contributed by atoms with Crippen LogP contribution in [0.15, 0.2) is 33.5 Å². The number of aryl methyl sites for hydroxylation is 2. The standard InChI is InChI=1S/C14H13N3O3/c1-8-15-16-12(20-8)7-10-13(18)9-5-3-4-6-11(9)17(2)14(10)19/h3-6,18H,7H2,1-2H3. The molecule has 2 heterocycles. The summed E-state index contributed by atoms with van der Waals surface area (Å²) in [6.07, 6.45) is 0.115. The predicted octanol–water partition coefficient (Wildman–Crippen LogP) is 1.53. The first-order chi connectivity index (χ1) is 9.58. The van der Waals surface area contributed by atoms with Gasteiger partial charge in [-0.2, -0.15) is 0 Å². The van der Waals surface area contributed by atoms with E-state index in [-0.39, 0.29) is 23.3 Å².